The molecule has 4 nitrogen and oxygen atoms in total. The van der Waals surface area contributed by atoms with Gasteiger partial charge in [-0.15, -0.1) is 0 Å². The van der Waals surface area contributed by atoms with E-state index in [1.165, 1.54) is 0 Å². The van der Waals surface area contributed by atoms with Crippen LogP contribution in [0.4, 0.5) is 0 Å². The third-order valence-electron chi connectivity index (χ3n) is 3.47. The second-order valence-electron chi connectivity index (χ2n) is 4.99. The number of halogens is 1. The molecule has 0 saturated heterocycles. The number of rotatable bonds is 6. The van der Waals surface area contributed by atoms with Crippen LogP contribution < -0.4 is 10.5 Å². The number of benzene rings is 1. The summed E-state index contributed by atoms with van der Waals surface area (Å²) in [5, 5.41) is 4.58. The maximum atomic E-state index is 5.99. The average Bonchev–Trinajstić information content (AvgIpc) is 2.80. The number of para-hydroxylation sites is 1. The molecule has 114 valence electrons. The molecule has 1 aromatic carbocycles. The lowest BCUT2D eigenvalue weighted by atomic mass is 10.1. The number of hydrogen-bond acceptors (Lipinski definition) is 3. The van der Waals surface area contributed by atoms with Crippen LogP contribution in [0.1, 0.15) is 43.8 Å². The van der Waals surface area contributed by atoms with Crippen molar-refractivity contribution in [3.05, 3.63) is 45.7 Å². The fourth-order valence-corrected chi connectivity index (χ4v) is 2.97. The molecule has 0 saturated carbocycles. The summed E-state index contributed by atoms with van der Waals surface area (Å²) in [7, 11) is 0. The summed E-state index contributed by atoms with van der Waals surface area (Å²) < 4.78 is 9.02. The van der Waals surface area contributed by atoms with Crippen molar-refractivity contribution in [2.24, 2.45) is 5.73 Å². The van der Waals surface area contributed by atoms with Gasteiger partial charge >= 0.3 is 0 Å². The zero-order chi connectivity index (χ0) is 15.4. The summed E-state index contributed by atoms with van der Waals surface area (Å²) in [6, 6.07) is 7.86. The highest BCUT2D eigenvalue weighted by molar-refractivity contribution is 9.10. The van der Waals surface area contributed by atoms with Crippen molar-refractivity contribution in [1.29, 1.82) is 0 Å². The summed E-state index contributed by atoms with van der Waals surface area (Å²) in [5.41, 5.74) is 9.14. The fraction of sp³-hybridized carbons (Fsp3) is 0.438. The molecule has 0 spiro atoms. The van der Waals surface area contributed by atoms with Gasteiger partial charge in [-0.05, 0) is 42.3 Å². The molecule has 0 aliphatic heterocycles. The van der Waals surface area contributed by atoms with E-state index in [2.05, 4.69) is 34.9 Å². The highest BCUT2D eigenvalue weighted by Crippen LogP contribution is 2.27. The molecule has 2 aromatic rings. The van der Waals surface area contributed by atoms with Gasteiger partial charge in [0.05, 0.1) is 15.9 Å². The first-order chi connectivity index (χ1) is 10.1. The van der Waals surface area contributed by atoms with Crippen molar-refractivity contribution in [3.8, 4) is 5.75 Å². The Balaban J connectivity index is 2.23. The lowest BCUT2D eigenvalue weighted by Gasteiger charge is -2.14. The van der Waals surface area contributed by atoms with Crippen LogP contribution in [0.3, 0.4) is 0 Å². The van der Waals surface area contributed by atoms with Gasteiger partial charge in [0.2, 0.25) is 0 Å². The van der Waals surface area contributed by atoms with Crippen molar-refractivity contribution in [2.75, 3.05) is 0 Å². The van der Waals surface area contributed by atoms with Crippen LogP contribution in [0.25, 0.3) is 0 Å². The van der Waals surface area contributed by atoms with Crippen molar-refractivity contribution in [2.45, 2.75) is 46.4 Å². The van der Waals surface area contributed by atoms with Gasteiger partial charge in [-0.25, -0.2) is 0 Å². The average molecular weight is 352 g/mol. The number of ether oxygens (including phenoxy) is 1. The molecule has 21 heavy (non-hydrogen) atoms. The number of hydrogen-bond donors (Lipinski definition) is 1. The number of nitrogens with two attached hydrogens (primary N) is 1. The lowest BCUT2D eigenvalue weighted by Crippen LogP contribution is -2.10. The van der Waals surface area contributed by atoms with Crippen LogP contribution in [-0.2, 0) is 19.6 Å². The summed E-state index contributed by atoms with van der Waals surface area (Å²) in [6.45, 7) is 7.45. The maximum Gasteiger partial charge on any atom is 0.131 e. The number of aryl methyl sites for hydroxylation is 2. The van der Waals surface area contributed by atoms with E-state index in [1.807, 2.05) is 35.9 Å². The normalized spacial score (nSPS) is 12.4. The van der Waals surface area contributed by atoms with E-state index >= 15 is 0 Å². The minimum Gasteiger partial charge on any atom is -0.487 e. The van der Waals surface area contributed by atoms with Crippen molar-refractivity contribution >= 4 is 15.9 Å². The standard InChI is InChI=1S/C16H22BrN3O/c1-4-13-16(17)14(20(5-2)19-13)10-21-15-9-7-6-8-12(15)11(3)18/h6-9,11H,4-5,10,18H2,1-3H3/t11-/m1/s1. The van der Waals surface area contributed by atoms with E-state index in [0.717, 1.165) is 40.1 Å². The summed E-state index contributed by atoms with van der Waals surface area (Å²) in [4.78, 5) is 0. The quantitative estimate of drug-likeness (QED) is 0.860. The van der Waals surface area contributed by atoms with E-state index in [0.29, 0.717) is 6.61 Å². The Hall–Kier alpha value is -1.33. The largest absolute Gasteiger partial charge is 0.487 e. The molecule has 0 fully saturated rings. The van der Waals surface area contributed by atoms with Crippen molar-refractivity contribution < 1.29 is 4.74 Å². The van der Waals surface area contributed by atoms with Crippen LogP contribution >= 0.6 is 15.9 Å². The Kier molecular flexibility index (Phi) is 5.42. The molecule has 0 bridgehead atoms. The predicted molar refractivity (Wildman–Crippen MR) is 88.4 cm³/mol. The molecule has 1 atom stereocenters. The second-order valence-corrected chi connectivity index (χ2v) is 5.78. The second kappa shape index (κ2) is 7.09. The Morgan fingerprint density at radius 2 is 2.05 bits per heavy atom. The highest BCUT2D eigenvalue weighted by Gasteiger charge is 2.15. The first-order valence-corrected chi connectivity index (χ1v) is 8.09. The topological polar surface area (TPSA) is 53.1 Å². The van der Waals surface area contributed by atoms with Crippen molar-refractivity contribution in [1.82, 2.24) is 9.78 Å². The molecule has 1 heterocycles. The predicted octanol–water partition coefficient (Wildman–Crippen LogP) is 3.83. The Morgan fingerprint density at radius 3 is 2.67 bits per heavy atom. The molecule has 2 rings (SSSR count). The molecule has 0 aliphatic carbocycles. The Morgan fingerprint density at radius 1 is 1.33 bits per heavy atom. The van der Waals surface area contributed by atoms with Crippen LogP contribution in [0.15, 0.2) is 28.7 Å². The monoisotopic (exact) mass is 351 g/mol. The van der Waals surface area contributed by atoms with Gasteiger partial charge in [0.15, 0.2) is 0 Å². The smallest absolute Gasteiger partial charge is 0.131 e. The van der Waals surface area contributed by atoms with Crippen LogP contribution in [-0.4, -0.2) is 9.78 Å². The molecule has 0 aliphatic rings. The minimum atomic E-state index is -0.0491. The van der Waals surface area contributed by atoms with Gasteiger partial charge in [-0.1, -0.05) is 25.1 Å². The van der Waals surface area contributed by atoms with Gasteiger partial charge in [-0.3, -0.25) is 4.68 Å². The first-order valence-electron chi connectivity index (χ1n) is 7.29. The van der Waals surface area contributed by atoms with E-state index in [-0.39, 0.29) is 6.04 Å². The van der Waals surface area contributed by atoms with E-state index in [1.54, 1.807) is 0 Å². The SMILES string of the molecule is CCc1nn(CC)c(COc2ccccc2[C@@H](C)N)c1Br. The third-order valence-corrected chi connectivity index (χ3v) is 4.38. The minimum absolute atomic E-state index is 0.0491. The molecule has 0 amide bonds. The maximum absolute atomic E-state index is 5.99. The number of aromatic nitrogens is 2. The van der Waals surface area contributed by atoms with E-state index in [9.17, 15) is 0 Å². The van der Waals surface area contributed by atoms with Gasteiger partial charge in [0.25, 0.3) is 0 Å². The zero-order valence-corrected chi connectivity index (χ0v) is 14.4. The molecule has 2 N–H and O–H groups in total. The molecule has 5 heteroatoms. The molecule has 0 radical (unpaired) electrons. The first kappa shape index (κ1) is 16.0. The van der Waals surface area contributed by atoms with Gasteiger partial charge in [-0.2, -0.15) is 5.10 Å². The summed E-state index contributed by atoms with van der Waals surface area (Å²) in [5.74, 6) is 0.835. The van der Waals surface area contributed by atoms with Gasteiger partial charge in [0, 0.05) is 18.2 Å². The van der Waals surface area contributed by atoms with Crippen molar-refractivity contribution in [3.63, 3.8) is 0 Å². The molecule has 1 aromatic heterocycles. The van der Waals surface area contributed by atoms with Crippen LogP contribution in [0.5, 0.6) is 5.75 Å². The Labute approximate surface area is 134 Å². The molecular formula is C16H22BrN3O. The van der Waals surface area contributed by atoms with Gasteiger partial charge < -0.3 is 10.5 Å². The summed E-state index contributed by atoms with van der Waals surface area (Å²) in [6.07, 6.45) is 0.900. The van der Waals surface area contributed by atoms with Gasteiger partial charge in [0.1, 0.15) is 12.4 Å². The Bertz CT molecular complexity index is 608. The zero-order valence-electron chi connectivity index (χ0n) is 12.8. The third kappa shape index (κ3) is 3.47. The summed E-state index contributed by atoms with van der Waals surface area (Å²) >= 11 is 3.64. The van der Waals surface area contributed by atoms with E-state index < -0.39 is 0 Å². The lowest BCUT2D eigenvalue weighted by molar-refractivity contribution is 0.287. The van der Waals surface area contributed by atoms with E-state index in [4.69, 9.17) is 10.5 Å². The van der Waals surface area contributed by atoms with Crippen LogP contribution in [0.2, 0.25) is 0 Å². The highest BCUT2D eigenvalue weighted by atomic mass is 79.9. The molecular weight excluding hydrogens is 330 g/mol. The molecule has 0 unspecified atom stereocenters. The van der Waals surface area contributed by atoms with Crippen LogP contribution in [0, 0.1) is 0 Å². The fourth-order valence-electron chi connectivity index (χ4n) is 2.29. The number of nitrogens with zero attached hydrogens (tertiary/aromatic N) is 2.